The van der Waals surface area contributed by atoms with E-state index in [0.717, 1.165) is 13.1 Å². The fraction of sp³-hybridized carbons (Fsp3) is 0.684. The summed E-state index contributed by atoms with van der Waals surface area (Å²) >= 11 is 0. The van der Waals surface area contributed by atoms with Gasteiger partial charge in [-0.3, -0.25) is 4.90 Å². The summed E-state index contributed by atoms with van der Waals surface area (Å²) < 4.78 is 0. The number of hydrogen-bond acceptors (Lipinski definition) is 2. The van der Waals surface area contributed by atoms with Gasteiger partial charge in [-0.2, -0.15) is 0 Å². The van der Waals surface area contributed by atoms with E-state index in [2.05, 4.69) is 56.9 Å². The Balaban J connectivity index is 2.28. The Labute approximate surface area is 130 Å². The molecule has 0 heterocycles. The Kier molecular flexibility index (Phi) is 5.45. The number of rotatable bonds is 6. The van der Waals surface area contributed by atoms with Gasteiger partial charge in [-0.05, 0) is 43.0 Å². The second-order valence-electron chi connectivity index (χ2n) is 6.78. The van der Waals surface area contributed by atoms with Gasteiger partial charge >= 0.3 is 0 Å². The summed E-state index contributed by atoms with van der Waals surface area (Å²) in [5.41, 5.74) is 9.64. The molecule has 0 aromatic heterocycles. The van der Waals surface area contributed by atoms with Crippen LogP contribution in [0.3, 0.4) is 0 Å². The van der Waals surface area contributed by atoms with Crippen LogP contribution in [0.2, 0.25) is 0 Å². The summed E-state index contributed by atoms with van der Waals surface area (Å²) in [4.78, 5) is 2.60. The summed E-state index contributed by atoms with van der Waals surface area (Å²) in [7, 11) is 0. The van der Waals surface area contributed by atoms with Crippen molar-refractivity contribution in [1.29, 1.82) is 0 Å². The van der Waals surface area contributed by atoms with Crippen LogP contribution in [0.1, 0.15) is 76.5 Å². The van der Waals surface area contributed by atoms with E-state index >= 15 is 0 Å². The molecule has 1 fully saturated rings. The first kappa shape index (κ1) is 16.5. The molecule has 21 heavy (non-hydrogen) atoms. The van der Waals surface area contributed by atoms with Gasteiger partial charge in [-0.15, -0.1) is 0 Å². The number of nitrogens with zero attached hydrogens (tertiary/aromatic N) is 1. The molecule has 1 aliphatic carbocycles. The SMILES string of the molecule is CCN(CC)C1(C(N)c2ccc(C(C)C)cc2)CCCC1. The minimum atomic E-state index is 0.126. The average Bonchev–Trinajstić information content (AvgIpc) is 2.98. The van der Waals surface area contributed by atoms with E-state index in [1.165, 1.54) is 36.8 Å². The third-order valence-corrected chi connectivity index (χ3v) is 5.40. The first-order valence-electron chi connectivity index (χ1n) is 8.65. The zero-order chi connectivity index (χ0) is 15.5. The standard InChI is InChI=1S/C19H32N2/c1-5-21(6-2)19(13-7-8-14-19)18(20)17-11-9-16(10-12-17)15(3)4/h9-12,15,18H,5-8,13-14,20H2,1-4H3. The molecule has 1 atom stereocenters. The zero-order valence-electron chi connectivity index (χ0n) is 14.2. The van der Waals surface area contributed by atoms with Crippen LogP contribution in [0.5, 0.6) is 0 Å². The van der Waals surface area contributed by atoms with Gasteiger partial charge in [0, 0.05) is 11.6 Å². The molecule has 2 heteroatoms. The maximum Gasteiger partial charge on any atom is 0.0482 e. The first-order valence-corrected chi connectivity index (χ1v) is 8.65. The van der Waals surface area contributed by atoms with Crippen LogP contribution in [0.15, 0.2) is 24.3 Å². The minimum Gasteiger partial charge on any atom is -0.322 e. The third-order valence-electron chi connectivity index (χ3n) is 5.40. The van der Waals surface area contributed by atoms with Gasteiger partial charge < -0.3 is 5.73 Å². The molecule has 0 spiro atoms. The fourth-order valence-electron chi connectivity index (χ4n) is 4.06. The summed E-state index contributed by atoms with van der Waals surface area (Å²) in [5, 5.41) is 0. The molecule has 0 aliphatic heterocycles. The number of benzene rings is 1. The number of likely N-dealkylation sites (N-methyl/N-ethyl adjacent to an activating group) is 1. The lowest BCUT2D eigenvalue weighted by Crippen LogP contribution is -2.53. The summed E-state index contributed by atoms with van der Waals surface area (Å²) in [6.07, 6.45) is 5.10. The highest BCUT2D eigenvalue weighted by Crippen LogP contribution is 2.43. The normalized spacial score (nSPS) is 19.4. The van der Waals surface area contributed by atoms with Crippen molar-refractivity contribution in [2.45, 2.75) is 70.9 Å². The van der Waals surface area contributed by atoms with E-state index in [0.29, 0.717) is 5.92 Å². The van der Waals surface area contributed by atoms with Crippen LogP contribution in [-0.2, 0) is 0 Å². The smallest absolute Gasteiger partial charge is 0.0482 e. The van der Waals surface area contributed by atoms with Crippen LogP contribution in [-0.4, -0.2) is 23.5 Å². The van der Waals surface area contributed by atoms with E-state index in [1.54, 1.807) is 0 Å². The van der Waals surface area contributed by atoms with Crippen LogP contribution < -0.4 is 5.73 Å². The highest BCUT2D eigenvalue weighted by Gasteiger charge is 2.43. The Morgan fingerprint density at radius 3 is 1.90 bits per heavy atom. The summed E-state index contributed by atoms with van der Waals surface area (Å²) in [5.74, 6) is 0.582. The molecule has 1 unspecified atom stereocenters. The summed E-state index contributed by atoms with van der Waals surface area (Å²) in [6, 6.07) is 9.14. The molecule has 118 valence electrons. The molecule has 0 saturated heterocycles. The molecule has 1 aromatic rings. The van der Waals surface area contributed by atoms with Gasteiger partial charge in [-0.25, -0.2) is 0 Å². The second-order valence-corrected chi connectivity index (χ2v) is 6.78. The first-order chi connectivity index (χ1) is 10.0. The molecule has 1 saturated carbocycles. The molecule has 2 N–H and O–H groups in total. The Morgan fingerprint density at radius 1 is 1.00 bits per heavy atom. The topological polar surface area (TPSA) is 29.3 Å². The summed E-state index contributed by atoms with van der Waals surface area (Å²) in [6.45, 7) is 11.2. The average molecular weight is 288 g/mol. The van der Waals surface area contributed by atoms with E-state index in [1.807, 2.05) is 0 Å². The molecule has 2 nitrogen and oxygen atoms in total. The van der Waals surface area contributed by atoms with Gasteiger partial charge in [-0.1, -0.05) is 64.8 Å². The van der Waals surface area contributed by atoms with Crippen molar-refractivity contribution in [3.8, 4) is 0 Å². The van der Waals surface area contributed by atoms with Crippen LogP contribution in [0.4, 0.5) is 0 Å². The Morgan fingerprint density at radius 2 is 1.48 bits per heavy atom. The maximum absolute atomic E-state index is 6.77. The van der Waals surface area contributed by atoms with Crippen molar-refractivity contribution in [3.05, 3.63) is 35.4 Å². The van der Waals surface area contributed by atoms with Gasteiger partial charge in [0.2, 0.25) is 0 Å². The lowest BCUT2D eigenvalue weighted by molar-refractivity contribution is 0.0770. The van der Waals surface area contributed by atoms with E-state index in [9.17, 15) is 0 Å². The maximum atomic E-state index is 6.77. The van der Waals surface area contributed by atoms with Crippen LogP contribution in [0, 0.1) is 0 Å². The molecule has 2 rings (SSSR count). The van der Waals surface area contributed by atoms with E-state index in [-0.39, 0.29) is 11.6 Å². The van der Waals surface area contributed by atoms with Crippen molar-refractivity contribution in [3.63, 3.8) is 0 Å². The van der Waals surface area contributed by atoms with Crippen molar-refractivity contribution in [2.75, 3.05) is 13.1 Å². The van der Waals surface area contributed by atoms with Crippen molar-refractivity contribution in [2.24, 2.45) is 5.73 Å². The molecule has 0 bridgehead atoms. The predicted octanol–water partition coefficient (Wildman–Crippen LogP) is 4.46. The molecule has 1 aromatic carbocycles. The Hall–Kier alpha value is -0.860. The van der Waals surface area contributed by atoms with Crippen LogP contribution in [0.25, 0.3) is 0 Å². The van der Waals surface area contributed by atoms with Gasteiger partial charge in [0.15, 0.2) is 0 Å². The van der Waals surface area contributed by atoms with Gasteiger partial charge in [0.1, 0.15) is 0 Å². The fourth-order valence-corrected chi connectivity index (χ4v) is 4.06. The number of hydrogen-bond donors (Lipinski definition) is 1. The Bertz CT molecular complexity index is 425. The lowest BCUT2D eigenvalue weighted by atomic mass is 9.82. The third kappa shape index (κ3) is 3.17. The van der Waals surface area contributed by atoms with Crippen molar-refractivity contribution in [1.82, 2.24) is 4.90 Å². The second kappa shape index (κ2) is 6.93. The predicted molar refractivity (Wildman–Crippen MR) is 91.6 cm³/mol. The molecular weight excluding hydrogens is 256 g/mol. The molecule has 0 amide bonds. The van der Waals surface area contributed by atoms with E-state index < -0.39 is 0 Å². The highest BCUT2D eigenvalue weighted by molar-refractivity contribution is 5.29. The highest BCUT2D eigenvalue weighted by atomic mass is 15.2. The van der Waals surface area contributed by atoms with E-state index in [4.69, 9.17) is 5.73 Å². The minimum absolute atomic E-state index is 0.126. The van der Waals surface area contributed by atoms with Crippen molar-refractivity contribution >= 4 is 0 Å². The monoisotopic (exact) mass is 288 g/mol. The molecule has 0 radical (unpaired) electrons. The zero-order valence-corrected chi connectivity index (χ0v) is 14.2. The molecular formula is C19H32N2. The lowest BCUT2D eigenvalue weighted by Gasteiger charge is -2.45. The van der Waals surface area contributed by atoms with Gasteiger partial charge in [0.25, 0.3) is 0 Å². The quantitative estimate of drug-likeness (QED) is 0.837. The largest absolute Gasteiger partial charge is 0.322 e. The van der Waals surface area contributed by atoms with Gasteiger partial charge in [0.05, 0.1) is 0 Å². The van der Waals surface area contributed by atoms with Crippen LogP contribution >= 0.6 is 0 Å². The molecule has 1 aliphatic rings. The van der Waals surface area contributed by atoms with Crippen molar-refractivity contribution < 1.29 is 0 Å². The number of nitrogens with two attached hydrogens (primary N) is 1.